The number of halogens is 3. The maximum absolute atomic E-state index is 13.3. The second-order valence-corrected chi connectivity index (χ2v) is 9.76. The van der Waals surface area contributed by atoms with Gasteiger partial charge >= 0.3 is 12.1 Å². The van der Waals surface area contributed by atoms with E-state index >= 15 is 0 Å². The quantitative estimate of drug-likeness (QED) is 0.322. The fraction of sp³-hybridized carbons (Fsp3) is 0.281. The lowest BCUT2D eigenvalue weighted by atomic mass is 9.83. The van der Waals surface area contributed by atoms with E-state index in [2.05, 4.69) is 5.32 Å². The van der Waals surface area contributed by atoms with E-state index in [0.717, 1.165) is 23.3 Å². The Bertz CT molecular complexity index is 1420. The number of nitrogens with one attached hydrogen (secondary N) is 1. The highest BCUT2D eigenvalue weighted by atomic mass is 19.4. The lowest BCUT2D eigenvalue weighted by Crippen LogP contribution is -2.38. The van der Waals surface area contributed by atoms with Crippen LogP contribution in [0.3, 0.4) is 0 Å². The van der Waals surface area contributed by atoms with Gasteiger partial charge in [-0.1, -0.05) is 54.6 Å². The first-order valence-electron chi connectivity index (χ1n) is 13.3. The predicted molar refractivity (Wildman–Crippen MR) is 148 cm³/mol. The molecule has 3 aromatic carbocycles. The Labute approximate surface area is 236 Å². The highest BCUT2D eigenvalue weighted by Gasteiger charge is 2.37. The van der Waals surface area contributed by atoms with E-state index in [1.807, 2.05) is 30.3 Å². The molecule has 0 aromatic heterocycles. The first-order valence-corrected chi connectivity index (χ1v) is 13.3. The van der Waals surface area contributed by atoms with Gasteiger partial charge in [-0.2, -0.15) is 13.2 Å². The van der Waals surface area contributed by atoms with Gasteiger partial charge in [-0.3, -0.25) is 9.59 Å². The van der Waals surface area contributed by atoms with E-state index in [9.17, 15) is 27.6 Å². The number of carbonyl (C=O) groups excluding carboxylic acids is 3. The summed E-state index contributed by atoms with van der Waals surface area (Å²) in [4.78, 5) is 40.3. The summed E-state index contributed by atoms with van der Waals surface area (Å²) < 4.78 is 44.5. The number of hydrogen-bond acceptors (Lipinski definition) is 4. The summed E-state index contributed by atoms with van der Waals surface area (Å²) in [6, 6.07) is 21.2. The predicted octanol–water partition coefficient (Wildman–Crippen LogP) is 6.03. The van der Waals surface area contributed by atoms with Gasteiger partial charge in [-0.15, -0.1) is 0 Å². The zero-order chi connectivity index (χ0) is 29.6. The van der Waals surface area contributed by atoms with Crippen LogP contribution in [0.5, 0.6) is 0 Å². The monoisotopic (exact) mass is 564 g/mol. The van der Waals surface area contributed by atoms with E-state index < -0.39 is 23.6 Å². The third-order valence-electron chi connectivity index (χ3n) is 7.06. The average molecular weight is 565 g/mol. The molecule has 214 valence electrons. The van der Waals surface area contributed by atoms with Crippen molar-refractivity contribution in [3.8, 4) is 0 Å². The molecule has 0 saturated carbocycles. The molecule has 0 radical (unpaired) electrons. The van der Waals surface area contributed by atoms with Crippen molar-refractivity contribution in [1.82, 2.24) is 10.2 Å². The molecular formula is C32H31F3N2O4. The van der Waals surface area contributed by atoms with Crippen LogP contribution in [0.15, 0.2) is 90.1 Å². The molecule has 0 fully saturated rings. The Kier molecular flexibility index (Phi) is 9.27. The fourth-order valence-corrected chi connectivity index (χ4v) is 4.88. The third kappa shape index (κ3) is 7.22. The number of alkyl halides is 3. The molecule has 0 spiro atoms. The van der Waals surface area contributed by atoms with Gasteiger partial charge < -0.3 is 15.0 Å². The van der Waals surface area contributed by atoms with Gasteiger partial charge in [-0.25, -0.2) is 4.79 Å². The molecule has 1 aliphatic rings. The third-order valence-corrected chi connectivity index (χ3v) is 7.06. The number of carbonyl (C=O) groups is 3. The van der Waals surface area contributed by atoms with Crippen LogP contribution in [0.2, 0.25) is 0 Å². The standard InChI is InChI=1S/C32H31F3N2O4/c1-3-41-31(40)29-21(2)37(28(38)19-27(29)24-13-15-26(16-14-24)32(33,34)35)20-23-9-11-25(12-10-23)30(39)36-18-17-22-7-5-4-6-8-22/h4-16,27H,3,17-20H2,1-2H3,(H,36,39). The van der Waals surface area contributed by atoms with Gasteiger partial charge in [0.25, 0.3) is 5.91 Å². The fourth-order valence-electron chi connectivity index (χ4n) is 4.88. The Morgan fingerprint density at radius 2 is 1.61 bits per heavy atom. The number of hydrogen-bond donors (Lipinski definition) is 1. The lowest BCUT2D eigenvalue weighted by Gasteiger charge is -2.34. The number of esters is 1. The summed E-state index contributed by atoms with van der Waals surface area (Å²) in [6.07, 6.45) is -3.88. The first-order chi connectivity index (χ1) is 19.6. The molecule has 3 aromatic rings. The molecule has 0 bridgehead atoms. The van der Waals surface area contributed by atoms with Crippen molar-refractivity contribution in [3.05, 3.63) is 118 Å². The molecule has 2 amide bonds. The molecule has 9 heteroatoms. The molecular weight excluding hydrogens is 533 g/mol. The van der Waals surface area contributed by atoms with E-state index in [1.165, 1.54) is 17.0 Å². The van der Waals surface area contributed by atoms with E-state index in [1.54, 1.807) is 38.1 Å². The van der Waals surface area contributed by atoms with Crippen molar-refractivity contribution >= 4 is 17.8 Å². The molecule has 6 nitrogen and oxygen atoms in total. The number of amides is 2. The van der Waals surface area contributed by atoms with Gasteiger partial charge in [0, 0.05) is 30.1 Å². The Balaban J connectivity index is 1.49. The Morgan fingerprint density at radius 1 is 0.951 bits per heavy atom. The maximum Gasteiger partial charge on any atom is 0.416 e. The number of benzene rings is 3. The van der Waals surface area contributed by atoms with Crippen molar-refractivity contribution in [2.24, 2.45) is 0 Å². The van der Waals surface area contributed by atoms with Crippen LogP contribution in [-0.2, 0) is 33.5 Å². The smallest absolute Gasteiger partial charge is 0.416 e. The zero-order valence-corrected chi connectivity index (χ0v) is 22.8. The molecule has 1 heterocycles. The van der Waals surface area contributed by atoms with Gasteiger partial charge in [0.15, 0.2) is 0 Å². The maximum atomic E-state index is 13.3. The molecule has 0 saturated heterocycles. The normalized spacial score (nSPS) is 15.6. The van der Waals surface area contributed by atoms with Crippen LogP contribution in [0.1, 0.15) is 58.8 Å². The summed E-state index contributed by atoms with van der Waals surface area (Å²) in [7, 11) is 0. The summed E-state index contributed by atoms with van der Waals surface area (Å²) in [5.74, 6) is -1.83. The minimum Gasteiger partial charge on any atom is -0.463 e. The number of allylic oxidation sites excluding steroid dienone is 1. The molecule has 41 heavy (non-hydrogen) atoms. The van der Waals surface area contributed by atoms with E-state index in [-0.39, 0.29) is 37.0 Å². The number of rotatable bonds is 9. The molecule has 1 atom stereocenters. The second-order valence-electron chi connectivity index (χ2n) is 9.76. The van der Waals surface area contributed by atoms with Gasteiger partial charge in [-0.05, 0) is 61.2 Å². The average Bonchev–Trinajstić information content (AvgIpc) is 2.95. The summed E-state index contributed by atoms with van der Waals surface area (Å²) in [5, 5.41) is 2.90. The highest BCUT2D eigenvalue weighted by Crippen LogP contribution is 2.39. The molecule has 1 aliphatic heterocycles. The molecule has 1 unspecified atom stereocenters. The lowest BCUT2D eigenvalue weighted by molar-refractivity contribution is -0.140. The van der Waals surface area contributed by atoms with Crippen molar-refractivity contribution in [2.45, 2.75) is 45.3 Å². The van der Waals surface area contributed by atoms with Gasteiger partial charge in [0.1, 0.15) is 0 Å². The molecule has 4 rings (SSSR count). The Morgan fingerprint density at radius 3 is 2.22 bits per heavy atom. The Hall–Kier alpha value is -4.40. The molecule has 0 aliphatic carbocycles. The van der Waals surface area contributed by atoms with Crippen LogP contribution in [0.25, 0.3) is 0 Å². The minimum absolute atomic E-state index is 0.0985. The van der Waals surface area contributed by atoms with Crippen LogP contribution in [0, 0.1) is 0 Å². The van der Waals surface area contributed by atoms with E-state index in [4.69, 9.17) is 4.74 Å². The summed E-state index contributed by atoms with van der Waals surface area (Å²) in [5.41, 5.74) is 2.59. The zero-order valence-electron chi connectivity index (χ0n) is 22.8. The van der Waals surface area contributed by atoms with Crippen LogP contribution < -0.4 is 5.32 Å². The number of ether oxygens (including phenoxy) is 1. The van der Waals surface area contributed by atoms with Crippen molar-refractivity contribution in [2.75, 3.05) is 13.2 Å². The van der Waals surface area contributed by atoms with Crippen LogP contribution in [0.4, 0.5) is 13.2 Å². The van der Waals surface area contributed by atoms with Gasteiger partial charge in [0.2, 0.25) is 5.91 Å². The van der Waals surface area contributed by atoms with Gasteiger partial charge in [0.05, 0.1) is 24.3 Å². The van der Waals surface area contributed by atoms with Crippen LogP contribution >= 0.6 is 0 Å². The summed E-state index contributed by atoms with van der Waals surface area (Å²) in [6.45, 7) is 4.05. The van der Waals surface area contributed by atoms with E-state index in [0.29, 0.717) is 29.8 Å². The topological polar surface area (TPSA) is 75.7 Å². The van der Waals surface area contributed by atoms with Crippen molar-refractivity contribution in [3.63, 3.8) is 0 Å². The second kappa shape index (κ2) is 12.8. The van der Waals surface area contributed by atoms with Crippen molar-refractivity contribution < 1.29 is 32.3 Å². The number of nitrogens with zero attached hydrogens (tertiary/aromatic N) is 1. The molecule has 1 N–H and O–H groups in total. The first kappa shape index (κ1) is 29.6. The largest absolute Gasteiger partial charge is 0.463 e. The summed E-state index contributed by atoms with van der Waals surface area (Å²) >= 11 is 0. The van der Waals surface area contributed by atoms with Crippen molar-refractivity contribution in [1.29, 1.82) is 0 Å². The highest BCUT2D eigenvalue weighted by molar-refractivity contribution is 5.96. The van der Waals surface area contributed by atoms with Crippen LogP contribution in [-0.4, -0.2) is 35.8 Å². The minimum atomic E-state index is -4.49. The SMILES string of the molecule is CCOC(=O)C1=C(C)N(Cc2ccc(C(=O)NCCc3ccccc3)cc2)C(=O)CC1c1ccc(C(F)(F)F)cc1.